The van der Waals surface area contributed by atoms with Crippen molar-refractivity contribution >= 4 is 21.8 Å². The minimum Gasteiger partial charge on any atom is -0.353 e. The van der Waals surface area contributed by atoms with E-state index in [0.29, 0.717) is 6.54 Å². The van der Waals surface area contributed by atoms with Gasteiger partial charge in [0.2, 0.25) is 5.91 Å². The van der Waals surface area contributed by atoms with Gasteiger partial charge < -0.3 is 5.32 Å². The molecule has 1 atom stereocenters. The van der Waals surface area contributed by atoms with Gasteiger partial charge in [-0.05, 0) is 37.5 Å². The van der Waals surface area contributed by atoms with E-state index in [9.17, 15) is 4.79 Å². The van der Waals surface area contributed by atoms with Crippen LogP contribution in [0, 0.1) is 0 Å². The normalized spacial score (nSPS) is 17.5. The van der Waals surface area contributed by atoms with E-state index in [1.54, 1.807) is 11.0 Å². The van der Waals surface area contributed by atoms with Crippen molar-refractivity contribution in [1.29, 1.82) is 0 Å². The van der Waals surface area contributed by atoms with Gasteiger partial charge in [0.1, 0.15) is 18.7 Å². The SMILES string of the molecule is CC(C(=O)NCC1(c2ccc(Br)cc2)CCC1)n1cncn1. The Morgan fingerprint density at radius 3 is 2.68 bits per heavy atom. The van der Waals surface area contributed by atoms with Crippen LogP contribution in [-0.2, 0) is 10.2 Å². The molecule has 1 N–H and O–H groups in total. The number of halogens is 1. The Labute approximate surface area is 138 Å². The molecule has 1 unspecified atom stereocenters. The predicted octanol–water partition coefficient (Wildman–Crippen LogP) is 2.84. The standard InChI is InChI=1S/C16H19BrN4O/c1-12(21-11-18-10-20-21)15(22)19-9-16(7-2-8-16)13-3-5-14(17)6-4-13/h3-6,10-12H,2,7-9H2,1H3,(H,19,22). The summed E-state index contributed by atoms with van der Waals surface area (Å²) in [5, 5.41) is 7.11. The zero-order chi connectivity index (χ0) is 15.6. The summed E-state index contributed by atoms with van der Waals surface area (Å²) in [5.74, 6) is -0.0195. The topological polar surface area (TPSA) is 59.8 Å². The van der Waals surface area contributed by atoms with Crippen LogP contribution in [0.1, 0.15) is 37.8 Å². The molecule has 2 aromatic rings. The van der Waals surface area contributed by atoms with E-state index in [2.05, 4.69) is 55.6 Å². The van der Waals surface area contributed by atoms with Crippen molar-refractivity contribution in [3.63, 3.8) is 0 Å². The van der Waals surface area contributed by atoms with Crippen molar-refractivity contribution in [2.24, 2.45) is 0 Å². The van der Waals surface area contributed by atoms with Crippen molar-refractivity contribution in [3.8, 4) is 0 Å². The Hall–Kier alpha value is -1.69. The van der Waals surface area contributed by atoms with Crippen LogP contribution in [0.4, 0.5) is 0 Å². The number of aromatic nitrogens is 3. The molecule has 0 radical (unpaired) electrons. The average molecular weight is 363 g/mol. The van der Waals surface area contributed by atoms with Crippen molar-refractivity contribution < 1.29 is 4.79 Å². The lowest BCUT2D eigenvalue weighted by Gasteiger charge is -2.42. The van der Waals surface area contributed by atoms with E-state index >= 15 is 0 Å². The number of carbonyl (C=O) groups is 1. The molecule has 3 rings (SSSR count). The third-order valence-electron chi connectivity index (χ3n) is 4.58. The molecule has 0 bridgehead atoms. The highest BCUT2D eigenvalue weighted by molar-refractivity contribution is 9.10. The molecule has 6 heteroatoms. The number of hydrogen-bond acceptors (Lipinski definition) is 3. The van der Waals surface area contributed by atoms with Crippen LogP contribution in [0.25, 0.3) is 0 Å². The Morgan fingerprint density at radius 2 is 2.14 bits per heavy atom. The van der Waals surface area contributed by atoms with E-state index in [0.717, 1.165) is 17.3 Å². The second-order valence-corrected chi connectivity index (χ2v) is 6.83. The summed E-state index contributed by atoms with van der Waals surface area (Å²) in [6.07, 6.45) is 6.46. The van der Waals surface area contributed by atoms with Crippen LogP contribution in [0.3, 0.4) is 0 Å². The molecular formula is C16H19BrN4O. The second-order valence-electron chi connectivity index (χ2n) is 5.91. The lowest BCUT2D eigenvalue weighted by Crippen LogP contribution is -2.46. The first kappa shape index (κ1) is 15.2. The molecule has 0 aliphatic heterocycles. The highest BCUT2D eigenvalue weighted by Crippen LogP contribution is 2.43. The molecule has 1 saturated carbocycles. The zero-order valence-corrected chi connectivity index (χ0v) is 14.1. The van der Waals surface area contributed by atoms with Gasteiger partial charge in [-0.2, -0.15) is 5.10 Å². The highest BCUT2D eigenvalue weighted by Gasteiger charge is 2.39. The van der Waals surface area contributed by atoms with Crippen molar-refractivity contribution in [2.75, 3.05) is 6.54 Å². The first-order valence-corrected chi connectivity index (χ1v) is 8.28. The maximum Gasteiger partial charge on any atom is 0.244 e. The van der Waals surface area contributed by atoms with Gasteiger partial charge in [-0.25, -0.2) is 9.67 Å². The summed E-state index contributed by atoms with van der Waals surface area (Å²) in [6, 6.07) is 8.08. The molecule has 5 nitrogen and oxygen atoms in total. The molecule has 1 aliphatic rings. The third-order valence-corrected chi connectivity index (χ3v) is 5.11. The fourth-order valence-corrected chi connectivity index (χ4v) is 3.18. The van der Waals surface area contributed by atoms with Crippen molar-refractivity contribution in [3.05, 3.63) is 47.0 Å². The number of amides is 1. The van der Waals surface area contributed by atoms with Crippen LogP contribution in [0.15, 0.2) is 41.4 Å². The van der Waals surface area contributed by atoms with Crippen LogP contribution in [0.5, 0.6) is 0 Å². The summed E-state index contributed by atoms with van der Waals surface area (Å²) in [5.41, 5.74) is 1.38. The smallest absolute Gasteiger partial charge is 0.244 e. The number of benzene rings is 1. The molecule has 1 heterocycles. The molecule has 0 spiro atoms. The van der Waals surface area contributed by atoms with E-state index in [4.69, 9.17) is 0 Å². The van der Waals surface area contributed by atoms with Gasteiger partial charge >= 0.3 is 0 Å². The fourth-order valence-electron chi connectivity index (χ4n) is 2.92. The van der Waals surface area contributed by atoms with Gasteiger partial charge in [-0.1, -0.05) is 34.5 Å². The number of nitrogens with one attached hydrogen (secondary N) is 1. The molecule has 0 saturated heterocycles. The Bertz CT molecular complexity index is 635. The van der Waals surface area contributed by atoms with Gasteiger partial charge in [-0.3, -0.25) is 4.79 Å². The fraction of sp³-hybridized carbons (Fsp3) is 0.438. The Balaban J connectivity index is 1.66. The summed E-state index contributed by atoms with van der Waals surface area (Å²) in [6.45, 7) is 2.50. The van der Waals surface area contributed by atoms with E-state index in [-0.39, 0.29) is 17.4 Å². The molecule has 1 fully saturated rings. The van der Waals surface area contributed by atoms with Crippen LogP contribution >= 0.6 is 15.9 Å². The molecule has 22 heavy (non-hydrogen) atoms. The maximum absolute atomic E-state index is 12.3. The minimum atomic E-state index is -0.343. The molecule has 1 aromatic carbocycles. The van der Waals surface area contributed by atoms with Gasteiger partial charge in [-0.15, -0.1) is 0 Å². The predicted molar refractivity (Wildman–Crippen MR) is 87.4 cm³/mol. The lowest BCUT2D eigenvalue weighted by atomic mass is 9.64. The van der Waals surface area contributed by atoms with E-state index in [1.807, 2.05) is 6.92 Å². The van der Waals surface area contributed by atoms with Gasteiger partial charge in [0, 0.05) is 16.4 Å². The van der Waals surface area contributed by atoms with Crippen LogP contribution < -0.4 is 5.32 Å². The number of carbonyl (C=O) groups excluding carboxylic acids is 1. The van der Waals surface area contributed by atoms with Crippen LogP contribution in [0.2, 0.25) is 0 Å². The van der Waals surface area contributed by atoms with Gasteiger partial charge in [0.05, 0.1) is 0 Å². The number of rotatable bonds is 5. The van der Waals surface area contributed by atoms with E-state index in [1.165, 1.54) is 18.3 Å². The Kier molecular flexibility index (Phi) is 4.29. The Morgan fingerprint density at radius 1 is 1.41 bits per heavy atom. The first-order valence-electron chi connectivity index (χ1n) is 7.49. The van der Waals surface area contributed by atoms with E-state index < -0.39 is 0 Å². The van der Waals surface area contributed by atoms with Crippen LogP contribution in [-0.4, -0.2) is 27.2 Å². The largest absolute Gasteiger partial charge is 0.353 e. The van der Waals surface area contributed by atoms with Crippen molar-refractivity contribution in [1.82, 2.24) is 20.1 Å². The summed E-state index contributed by atoms with van der Waals surface area (Å²) in [7, 11) is 0. The quantitative estimate of drug-likeness (QED) is 0.889. The monoisotopic (exact) mass is 362 g/mol. The third kappa shape index (κ3) is 2.92. The van der Waals surface area contributed by atoms with Crippen molar-refractivity contribution in [2.45, 2.75) is 37.6 Å². The second kappa shape index (κ2) is 6.20. The molecular weight excluding hydrogens is 344 g/mol. The zero-order valence-electron chi connectivity index (χ0n) is 12.5. The summed E-state index contributed by atoms with van der Waals surface area (Å²) in [4.78, 5) is 16.2. The molecule has 1 aromatic heterocycles. The highest BCUT2D eigenvalue weighted by atomic mass is 79.9. The molecule has 1 amide bonds. The minimum absolute atomic E-state index is 0.0195. The first-order chi connectivity index (χ1) is 10.6. The number of hydrogen-bond donors (Lipinski definition) is 1. The molecule has 1 aliphatic carbocycles. The summed E-state index contributed by atoms with van der Waals surface area (Å²) < 4.78 is 2.65. The average Bonchev–Trinajstić information content (AvgIpc) is 3.01. The summed E-state index contributed by atoms with van der Waals surface area (Å²) >= 11 is 3.47. The molecule has 116 valence electrons. The maximum atomic E-state index is 12.3. The van der Waals surface area contributed by atoms with Gasteiger partial charge in [0.25, 0.3) is 0 Å². The number of nitrogens with zero attached hydrogens (tertiary/aromatic N) is 3. The lowest BCUT2D eigenvalue weighted by molar-refractivity contribution is -0.124. The van der Waals surface area contributed by atoms with Gasteiger partial charge in [0.15, 0.2) is 0 Å².